The molecule has 0 aromatic heterocycles. The smallest absolute Gasteiger partial charge is 0.410 e. The van der Waals surface area contributed by atoms with Crippen molar-refractivity contribution in [3.63, 3.8) is 0 Å². The molecule has 0 saturated heterocycles. The third kappa shape index (κ3) is 12.5. The number of nitrogens with zero attached hydrogens (tertiary/aromatic N) is 1. The molecule has 0 bridgehead atoms. The molecule has 0 spiro atoms. The van der Waals surface area contributed by atoms with E-state index in [1.54, 1.807) is 11.0 Å². The van der Waals surface area contributed by atoms with Crippen LogP contribution < -0.4 is 5.32 Å². The van der Waals surface area contributed by atoms with Crippen molar-refractivity contribution in [2.45, 2.75) is 66.1 Å². The molecule has 23 heavy (non-hydrogen) atoms. The van der Waals surface area contributed by atoms with Gasteiger partial charge in [0.1, 0.15) is 11.2 Å². The average Bonchev–Trinajstić information content (AvgIpc) is 2.32. The Morgan fingerprint density at radius 1 is 1.00 bits per heavy atom. The lowest BCUT2D eigenvalue weighted by molar-refractivity contribution is 0.0271. The summed E-state index contributed by atoms with van der Waals surface area (Å²) in [5.74, 6) is 0. The highest BCUT2D eigenvalue weighted by Gasteiger charge is 2.20. The molecule has 0 aliphatic carbocycles. The minimum absolute atomic E-state index is 0.330. The third-order valence-electron chi connectivity index (χ3n) is 2.40. The van der Waals surface area contributed by atoms with E-state index in [1.807, 2.05) is 54.5 Å². The number of nitrogens with one attached hydrogen (secondary N) is 1. The molecule has 0 atom stereocenters. The second-order valence-corrected chi connectivity index (χ2v) is 7.28. The monoisotopic (exact) mass is 328 g/mol. The van der Waals surface area contributed by atoms with Gasteiger partial charge in [-0.25, -0.2) is 9.59 Å². The van der Waals surface area contributed by atoms with Gasteiger partial charge in [-0.3, -0.25) is 0 Å². The first kappa shape index (κ1) is 21.3. The molecule has 0 unspecified atom stereocenters. The van der Waals surface area contributed by atoms with Crippen molar-refractivity contribution in [2.24, 2.45) is 0 Å². The fraction of sp³-hybridized carbons (Fsp3) is 0.765. The average molecular weight is 328 g/mol. The van der Waals surface area contributed by atoms with Crippen LogP contribution in [-0.2, 0) is 9.47 Å². The van der Waals surface area contributed by atoms with Gasteiger partial charge in [0.25, 0.3) is 0 Å². The van der Waals surface area contributed by atoms with Gasteiger partial charge in [0.05, 0.1) is 0 Å². The molecule has 0 aromatic rings. The molecular weight excluding hydrogens is 296 g/mol. The molecule has 0 aliphatic heterocycles. The van der Waals surface area contributed by atoms with Crippen molar-refractivity contribution in [1.82, 2.24) is 10.2 Å². The number of hydrogen-bond donors (Lipinski definition) is 1. The van der Waals surface area contributed by atoms with Gasteiger partial charge < -0.3 is 19.7 Å². The second kappa shape index (κ2) is 9.43. The molecule has 0 heterocycles. The van der Waals surface area contributed by atoms with Gasteiger partial charge in [-0.1, -0.05) is 19.1 Å². The maximum atomic E-state index is 12.1. The minimum Gasteiger partial charge on any atom is -0.444 e. The van der Waals surface area contributed by atoms with E-state index in [-0.39, 0.29) is 6.09 Å². The van der Waals surface area contributed by atoms with E-state index < -0.39 is 17.3 Å². The van der Waals surface area contributed by atoms with E-state index in [0.29, 0.717) is 19.6 Å². The van der Waals surface area contributed by atoms with Gasteiger partial charge in [0.15, 0.2) is 0 Å². The van der Waals surface area contributed by atoms with Crippen LogP contribution in [0.2, 0.25) is 0 Å². The Labute approximate surface area is 140 Å². The highest BCUT2D eigenvalue weighted by molar-refractivity contribution is 5.68. The number of carbonyl (C=O) groups excluding carboxylic acids is 2. The largest absolute Gasteiger partial charge is 0.444 e. The number of carbonyl (C=O) groups is 2. The van der Waals surface area contributed by atoms with Crippen LogP contribution in [0, 0.1) is 0 Å². The molecule has 0 aromatic carbocycles. The summed E-state index contributed by atoms with van der Waals surface area (Å²) in [6.07, 6.45) is 3.68. The van der Waals surface area contributed by atoms with Gasteiger partial charge in [0.2, 0.25) is 0 Å². The van der Waals surface area contributed by atoms with Gasteiger partial charge in [-0.15, -0.1) is 0 Å². The lowest BCUT2D eigenvalue weighted by Gasteiger charge is -2.26. The highest BCUT2D eigenvalue weighted by atomic mass is 16.6. The molecule has 0 aliphatic rings. The zero-order chi connectivity index (χ0) is 18.1. The standard InChI is InChI=1S/C17H32N2O4/c1-8-12-19(15(21)23-17(5,6)7)13-10-9-11-18-14(20)22-16(2,3)4/h9-10H,8,11-13H2,1-7H3,(H,18,20)/b10-9+. The number of hydrogen-bond acceptors (Lipinski definition) is 4. The van der Waals surface area contributed by atoms with E-state index in [9.17, 15) is 9.59 Å². The SMILES string of the molecule is CCCN(C/C=C/CNC(=O)OC(C)(C)C)C(=O)OC(C)(C)C. The molecule has 6 heteroatoms. The fourth-order valence-electron chi connectivity index (χ4n) is 1.60. The maximum Gasteiger partial charge on any atom is 0.410 e. The maximum absolute atomic E-state index is 12.1. The lowest BCUT2D eigenvalue weighted by Crippen LogP contribution is -2.37. The quantitative estimate of drug-likeness (QED) is 0.755. The first-order valence-electron chi connectivity index (χ1n) is 8.04. The first-order valence-corrected chi connectivity index (χ1v) is 8.04. The summed E-state index contributed by atoms with van der Waals surface area (Å²) in [7, 11) is 0. The molecular formula is C17H32N2O4. The topological polar surface area (TPSA) is 67.9 Å². The molecule has 2 amide bonds. The summed E-state index contributed by atoms with van der Waals surface area (Å²) in [5, 5.41) is 2.63. The Hall–Kier alpha value is -1.72. The lowest BCUT2D eigenvalue weighted by atomic mass is 10.2. The van der Waals surface area contributed by atoms with E-state index in [1.165, 1.54) is 0 Å². The Balaban J connectivity index is 4.26. The van der Waals surface area contributed by atoms with Crippen molar-refractivity contribution in [3.8, 4) is 0 Å². The Morgan fingerprint density at radius 2 is 1.57 bits per heavy atom. The first-order chi connectivity index (χ1) is 10.4. The number of alkyl carbamates (subject to hydrolysis) is 1. The van der Waals surface area contributed by atoms with Gasteiger partial charge in [0, 0.05) is 19.6 Å². The summed E-state index contributed by atoms with van der Waals surface area (Å²) in [6.45, 7) is 14.4. The summed E-state index contributed by atoms with van der Waals surface area (Å²) in [6, 6.07) is 0. The summed E-state index contributed by atoms with van der Waals surface area (Å²) >= 11 is 0. The van der Waals surface area contributed by atoms with Crippen LogP contribution in [0.25, 0.3) is 0 Å². The van der Waals surface area contributed by atoms with Crippen LogP contribution in [0.4, 0.5) is 9.59 Å². The van der Waals surface area contributed by atoms with Crippen molar-refractivity contribution >= 4 is 12.2 Å². The van der Waals surface area contributed by atoms with Crippen molar-refractivity contribution in [2.75, 3.05) is 19.6 Å². The molecule has 6 nitrogen and oxygen atoms in total. The van der Waals surface area contributed by atoms with Crippen LogP contribution in [0.15, 0.2) is 12.2 Å². The Morgan fingerprint density at radius 3 is 2.04 bits per heavy atom. The molecule has 134 valence electrons. The predicted molar refractivity (Wildman–Crippen MR) is 91.5 cm³/mol. The second-order valence-electron chi connectivity index (χ2n) is 7.28. The van der Waals surface area contributed by atoms with Crippen molar-refractivity contribution in [1.29, 1.82) is 0 Å². The highest BCUT2D eigenvalue weighted by Crippen LogP contribution is 2.10. The summed E-state index contributed by atoms with van der Waals surface area (Å²) in [5.41, 5.74) is -1.02. The summed E-state index contributed by atoms with van der Waals surface area (Å²) < 4.78 is 10.5. The number of ether oxygens (including phenoxy) is 2. The number of rotatable bonds is 6. The zero-order valence-electron chi connectivity index (χ0n) is 15.6. The van der Waals surface area contributed by atoms with Gasteiger partial charge >= 0.3 is 12.2 Å². The van der Waals surface area contributed by atoms with Crippen LogP contribution in [-0.4, -0.2) is 47.9 Å². The zero-order valence-corrected chi connectivity index (χ0v) is 15.6. The molecule has 1 N–H and O–H groups in total. The van der Waals surface area contributed by atoms with Crippen LogP contribution in [0.5, 0.6) is 0 Å². The number of amides is 2. The van der Waals surface area contributed by atoms with Crippen LogP contribution >= 0.6 is 0 Å². The minimum atomic E-state index is -0.511. The third-order valence-corrected chi connectivity index (χ3v) is 2.40. The van der Waals surface area contributed by atoms with Crippen molar-refractivity contribution in [3.05, 3.63) is 12.2 Å². The Kier molecular flexibility index (Phi) is 8.72. The fourth-order valence-corrected chi connectivity index (χ4v) is 1.60. The van der Waals surface area contributed by atoms with Crippen LogP contribution in [0.3, 0.4) is 0 Å². The molecule has 0 fully saturated rings. The van der Waals surface area contributed by atoms with E-state index in [2.05, 4.69) is 5.32 Å². The molecule has 0 saturated carbocycles. The Bertz CT molecular complexity index is 406. The van der Waals surface area contributed by atoms with E-state index in [0.717, 1.165) is 6.42 Å². The summed E-state index contributed by atoms with van der Waals surface area (Å²) in [4.78, 5) is 25.2. The van der Waals surface area contributed by atoms with E-state index in [4.69, 9.17) is 9.47 Å². The van der Waals surface area contributed by atoms with Gasteiger partial charge in [-0.05, 0) is 48.0 Å². The predicted octanol–water partition coefficient (Wildman–Crippen LogP) is 3.71. The van der Waals surface area contributed by atoms with E-state index >= 15 is 0 Å². The normalized spacial score (nSPS) is 12.1. The molecule has 0 rings (SSSR count). The van der Waals surface area contributed by atoms with Crippen molar-refractivity contribution < 1.29 is 19.1 Å². The molecule has 0 radical (unpaired) electrons. The van der Waals surface area contributed by atoms with Crippen LogP contribution in [0.1, 0.15) is 54.9 Å². The van der Waals surface area contributed by atoms with Gasteiger partial charge in [-0.2, -0.15) is 0 Å².